The van der Waals surface area contributed by atoms with E-state index in [-0.39, 0.29) is 17.6 Å². The van der Waals surface area contributed by atoms with Gasteiger partial charge in [-0.3, -0.25) is 9.69 Å². The van der Waals surface area contributed by atoms with Gasteiger partial charge in [-0.15, -0.1) is 0 Å². The van der Waals surface area contributed by atoms with Crippen LogP contribution in [0.3, 0.4) is 0 Å². The van der Waals surface area contributed by atoms with Crippen LogP contribution in [-0.4, -0.2) is 84.3 Å². The van der Waals surface area contributed by atoms with Crippen molar-refractivity contribution in [3.05, 3.63) is 65.2 Å². The van der Waals surface area contributed by atoms with Crippen molar-refractivity contribution in [2.75, 3.05) is 50.8 Å². The van der Waals surface area contributed by atoms with Crippen LogP contribution in [0.5, 0.6) is 5.75 Å². The zero-order valence-corrected chi connectivity index (χ0v) is 23.0. The van der Waals surface area contributed by atoms with Crippen molar-refractivity contribution in [1.29, 1.82) is 0 Å². The van der Waals surface area contributed by atoms with Gasteiger partial charge in [0, 0.05) is 56.3 Å². The first-order valence-electron chi connectivity index (χ1n) is 14.9. The van der Waals surface area contributed by atoms with Crippen LogP contribution in [0.1, 0.15) is 47.2 Å². The molecule has 1 N–H and O–H groups in total. The van der Waals surface area contributed by atoms with Crippen LogP contribution in [0.2, 0.25) is 0 Å². The molecule has 8 rings (SSSR count). The Balaban J connectivity index is 0.887. The number of pyridine rings is 1. The zero-order chi connectivity index (χ0) is 26.7. The third-order valence-corrected chi connectivity index (χ3v) is 9.69. The summed E-state index contributed by atoms with van der Waals surface area (Å²) in [6, 6.07) is 17.4. The Morgan fingerprint density at radius 3 is 2.83 bits per heavy atom. The maximum absolute atomic E-state index is 13.0. The van der Waals surface area contributed by atoms with Gasteiger partial charge in [0.1, 0.15) is 17.7 Å². The van der Waals surface area contributed by atoms with Gasteiger partial charge in [-0.1, -0.05) is 6.07 Å². The second-order valence-corrected chi connectivity index (χ2v) is 12.3. The third kappa shape index (κ3) is 4.24. The van der Waals surface area contributed by atoms with Gasteiger partial charge in [0.25, 0.3) is 5.91 Å². The standard InChI is InChI=1S/C32H37N5O3/c38-31-28-6-5-26(15-24(28)18-36(31)25-2-1-11-33-16-25)40-27-9-12-35(19-27)17-22-3-7-29-23(14-22)4-8-30(34-29)37-13-10-32(37)20-39-21-32/h3-8,14-15,25,27,33H,1-2,9-13,16-21H2/t25?,27-/m0/s1. The Morgan fingerprint density at radius 1 is 1.07 bits per heavy atom. The molecule has 3 aromatic rings. The number of piperidine rings is 1. The summed E-state index contributed by atoms with van der Waals surface area (Å²) in [4.78, 5) is 24.9. The van der Waals surface area contributed by atoms with E-state index in [1.165, 1.54) is 17.4 Å². The van der Waals surface area contributed by atoms with Crippen molar-refractivity contribution >= 4 is 22.6 Å². The number of benzene rings is 2. The highest BCUT2D eigenvalue weighted by Crippen LogP contribution is 2.40. The van der Waals surface area contributed by atoms with Crippen LogP contribution in [-0.2, 0) is 17.8 Å². The molecule has 6 heterocycles. The molecule has 2 atom stereocenters. The fourth-order valence-electron chi connectivity index (χ4n) is 7.22. The molecular formula is C32H37N5O3. The monoisotopic (exact) mass is 539 g/mol. The molecule has 4 saturated heterocycles. The lowest BCUT2D eigenvalue weighted by molar-refractivity contribution is -0.0851. The average Bonchev–Trinajstić information content (AvgIpc) is 3.51. The zero-order valence-electron chi connectivity index (χ0n) is 23.0. The van der Waals surface area contributed by atoms with Crippen LogP contribution in [0, 0.1) is 0 Å². The Bertz CT molecular complexity index is 1440. The maximum Gasteiger partial charge on any atom is 0.254 e. The normalized spacial score (nSPS) is 25.8. The van der Waals surface area contributed by atoms with Gasteiger partial charge in [-0.05, 0) is 85.8 Å². The van der Waals surface area contributed by atoms with Crippen molar-refractivity contribution in [3.8, 4) is 5.75 Å². The Morgan fingerprint density at radius 2 is 2.02 bits per heavy atom. The van der Waals surface area contributed by atoms with Gasteiger partial charge < -0.3 is 24.6 Å². The summed E-state index contributed by atoms with van der Waals surface area (Å²) in [5.41, 5.74) is 4.51. The number of hydrogen-bond donors (Lipinski definition) is 1. The van der Waals surface area contributed by atoms with Crippen molar-refractivity contribution in [2.24, 2.45) is 0 Å². The number of anilines is 1. The second kappa shape index (κ2) is 9.72. The average molecular weight is 540 g/mol. The van der Waals surface area contributed by atoms with E-state index in [0.717, 1.165) is 100.0 Å². The van der Waals surface area contributed by atoms with Crippen molar-refractivity contribution < 1.29 is 14.3 Å². The van der Waals surface area contributed by atoms with Gasteiger partial charge in [-0.2, -0.15) is 0 Å². The molecule has 1 spiro atoms. The molecule has 0 saturated carbocycles. The molecule has 5 aliphatic heterocycles. The minimum Gasteiger partial charge on any atom is -0.489 e. The number of ether oxygens (including phenoxy) is 2. The van der Waals surface area contributed by atoms with E-state index in [1.807, 2.05) is 17.0 Å². The number of amides is 1. The molecular weight excluding hydrogens is 502 g/mol. The smallest absolute Gasteiger partial charge is 0.254 e. The van der Waals surface area contributed by atoms with Gasteiger partial charge in [0.2, 0.25) is 0 Å². The lowest BCUT2D eigenvalue weighted by Gasteiger charge is -2.58. The number of carbonyl (C=O) groups is 1. The number of aromatic nitrogens is 1. The number of likely N-dealkylation sites (tertiary alicyclic amines) is 1. The van der Waals surface area contributed by atoms with E-state index in [1.54, 1.807) is 0 Å². The van der Waals surface area contributed by atoms with E-state index in [0.29, 0.717) is 12.6 Å². The summed E-state index contributed by atoms with van der Waals surface area (Å²) in [6.45, 7) is 8.20. The molecule has 1 unspecified atom stereocenters. The molecule has 1 aromatic heterocycles. The number of rotatable bonds is 6. The highest BCUT2D eigenvalue weighted by atomic mass is 16.5. The van der Waals surface area contributed by atoms with E-state index >= 15 is 0 Å². The molecule has 40 heavy (non-hydrogen) atoms. The lowest BCUT2D eigenvalue weighted by atomic mass is 9.83. The summed E-state index contributed by atoms with van der Waals surface area (Å²) in [5.74, 6) is 2.12. The quantitative estimate of drug-likeness (QED) is 0.514. The minimum atomic E-state index is 0.165. The van der Waals surface area contributed by atoms with Crippen LogP contribution >= 0.6 is 0 Å². The summed E-state index contributed by atoms with van der Waals surface area (Å²) in [6.07, 6.45) is 4.59. The van der Waals surface area contributed by atoms with Gasteiger partial charge in [0.05, 0.1) is 24.3 Å². The molecule has 0 aliphatic carbocycles. The van der Waals surface area contributed by atoms with E-state index in [4.69, 9.17) is 14.5 Å². The third-order valence-electron chi connectivity index (χ3n) is 9.69. The number of carbonyl (C=O) groups excluding carboxylic acids is 1. The number of hydrogen-bond acceptors (Lipinski definition) is 7. The van der Waals surface area contributed by atoms with Gasteiger partial charge in [0.15, 0.2) is 0 Å². The maximum atomic E-state index is 13.0. The molecule has 8 heteroatoms. The predicted octanol–water partition coefficient (Wildman–Crippen LogP) is 3.58. The molecule has 5 aliphatic rings. The highest BCUT2D eigenvalue weighted by Gasteiger charge is 2.51. The molecule has 0 bridgehead atoms. The summed E-state index contributed by atoms with van der Waals surface area (Å²) in [7, 11) is 0. The van der Waals surface area contributed by atoms with Gasteiger partial charge in [-0.25, -0.2) is 4.98 Å². The summed E-state index contributed by atoms with van der Waals surface area (Å²) in [5, 5.41) is 4.63. The minimum absolute atomic E-state index is 0.165. The molecule has 4 fully saturated rings. The first-order chi connectivity index (χ1) is 19.6. The Hall–Kier alpha value is -3.20. The Kier molecular flexibility index (Phi) is 5.97. The summed E-state index contributed by atoms with van der Waals surface area (Å²) >= 11 is 0. The van der Waals surface area contributed by atoms with Crippen molar-refractivity contribution in [1.82, 2.24) is 20.1 Å². The van der Waals surface area contributed by atoms with E-state index in [2.05, 4.69) is 51.5 Å². The van der Waals surface area contributed by atoms with E-state index < -0.39 is 0 Å². The number of fused-ring (bicyclic) bond motifs is 2. The molecule has 8 nitrogen and oxygen atoms in total. The fraction of sp³-hybridized carbons (Fsp3) is 0.500. The molecule has 1 amide bonds. The fourth-order valence-corrected chi connectivity index (χ4v) is 7.22. The van der Waals surface area contributed by atoms with Gasteiger partial charge >= 0.3 is 0 Å². The van der Waals surface area contributed by atoms with Crippen LogP contribution in [0.4, 0.5) is 5.82 Å². The Labute approximate surface area is 235 Å². The lowest BCUT2D eigenvalue weighted by Crippen LogP contribution is -2.71. The topological polar surface area (TPSA) is 70.2 Å². The van der Waals surface area contributed by atoms with Crippen LogP contribution < -0.4 is 15.0 Å². The molecule has 0 radical (unpaired) electrons. The molecule has 2 aromatic carbocycles. The first-order valence-corrected chi connectivity index (χ1v) is 14.9. The number of nitrogens with one attached hydrogen (secondary N) is 1. The van der Waals surface area contributed by atoms with Crippen LogP contribution in [0.15, 0.2) is 48.5 Å². The molecule has 208 valence electrons. The second-order valence-electron chi connectivity index (χ2n) is 12.3. The predicted molar refractivity (Wildman–Crippen MR) is 154 cm³/mol. The van der Waals surface area contributed by atoms with Crippen molar-refractivity contribution in [2.45, 2.75) is 56.5 Å². The first kappa shape index (κ1) is 24.6. The highest BCUT2D eigenvalue weighted by molar-refractivity contribution is 5.98. The van der Waals surface area contributed by atoms with E-state index in [9.17, 15) is 4.79 Å². The summed E-state index contributed by atoms with van der Waals surface area (Å²) < 4.78 is 11.9. The van der Waals surface area contributed by atoms with Crippen LogP contribution in [0.25, 0.3) is 10.9 Å². The SMILES string of the molecule is O=C1c2ccc(O[C@H]3CCN(Cc4ccc5nc(N6CCC67COC7)ccc5c4)C3)cc2CN1C1CCCNC1. The number of nitrogens with zero attached hydrogens (tertiary/aromatic N) is 4. The van der Waals surface area contributed by atoms with Crippen molar-refractivity contribution in [3.63, 3.8) is 0 Å². The largest absolute Gasteiger partial charge is 0.489 e.